The van der Waals surface area contributed by atoms with Gasteiger partial charge in [0.25, 0.3) is 5.91 Å². The van der Waals surface area contributed by atoms with Gasteiger partial charge in [-0.1, -0.05) is 0 Å². The van der Waals surface area contributed by atoms with E-state index in [1.165, 1.54) is 6.42 Å². The average Bonchev–Trinajstić information content (AvgIpc) is 2.46. The minimum Gasteiger partial charge on any atom is -0.496 e. The van der Waals surface area contributed by atoms with Crippen LogP contribution in [0.5, 0.6) is 5.75 Å². The van der Waals surface area contributed by atoms with E-state index in [2.05, 4.69) is 5.43 Å². The van der Waals surface area contributed by atoms with Crippen molar-refractivity contribution in [2.24, 2.45) is 5.84 Å². The number of piperidine rings is 1. The first-order valence-corrected chi connectivity index (χ1v) is 6.20. The van der Waals surface area contributed by atoms with Gasteiger partial charge in [-0.2, -0.15) is 0 Å². The maximum atomic E-state index is 12.4. The van der Waals surface area contributed by atoms with Crippen LogP contribution in [0, 0.1) is 0 Å². The van der Waals surface area contributed by atoms with Crippen LogP contribution in [0.3, 0.4) is 0 Å². The Morgan fingerprint density at radius 3 is 2.67 bits per heavy atom. The van der Waals surface area contributed by atoms with E-state index < -0.39 is 0 Å². The summed E-state index contributed by atoms with van der Waals surface area (Å²) in [5.41, 5.74) is 3.86. The second kappa shape index (κ2) is 5.73. The topological polar surface area (TPSA) is 67.6 Å². The average molecular weight is 249 g/mol. The Balaban J connectivity index is 2.23. The Hall–Kier alpha value is -1.75. The summed E-state index contributed by atoms with van der Waals surface area (Å²) in [6.45, 7) is 1.66. The van der Waals surface area contributed by atoms with Crippen LogP contribution in [0.15, 0.2) is 18.2 Å². The van der Waals surface area contributed by atoms with E-state index in [1.807, 2.05) is 4.90 Å². The second-order valence-electron chi connectivity index (χ2n) is 4.41. The zero-order chi connectivity index (χ0) is 13.0. The fourth-order valence-corrected chi connectivity index (χ4v) is 2.23. The number of nitrogens with two attached hydrogens (primary N) is 1. The summed E-state index contributed by atoms with van der Waals surface area (Å²) in [5, 5.41) is 0. The molecule has 0 unspecified atom stereocenters. The van der Waals surface area contributed by atoms with Gasteiger partial charge in [0.15, 0.2) is 0 Å². The Labute approximate surface area is 107 Å². The van der Waals surface area contributed by atoms with Crippen LogP contribution in [0.25, 0.3) is 0 Å². The monoisotopic (exact) mass is 249 g/mol. The van der Waals surface area contributed by atoms with Crippen molar-refractivity contribution in [3.05, 3.63) is 23.8 Å². The van der Waals surface area contributed by atoms with Crippen molar-refractivity contribution in [1.29, 1.82) is 0 Å². The normalized spacial score (nSPS) is 15.3. The standard InChI is InChI=1S/C13H19N3O2/c1-18-12-9-10(15-14)5-6-11(12)13(17)16-7-3-2-4-8-16/h5-6,9,15H,2-4,7-8,14H2,1H3. The fraction of sp³-hybridized carbons (Fsp3) is 0.462. The Morgan fingerprint density at radius 1 is 1.33 bits per heavy atom. The number of likely N-dealkylation sites (tertiary alicyclic amines) is 1. The molecule has 1 saturated heterocycles. The molecule has 0 aromatic heterocycles. The maximum absolute atomic E-state index is 12.4. The second-order valence-corrected chi connectivity index (χ2v) is 4.41. The highest BCUT2D eigenvalue weighted by molar-refractivity contribution is 5.97. The number of anilines is 1. The lowest BCUT2D eigenvalue weighted by Gasteiger charge is -2.27. The molecule has 0 radical (unpaired) electrons. The Bertz CT molecular complexity index is 428. The van der Waals surface area contributed by atoms with E-state index in [1.54, 1.807) is 25.3 Å². The minimum atomic E-state index is 0.0371. The summed E-state index contributed by atoms with van der Waals surface area (Å²) < 4.78 is 5.26. The third-order valence-electron chi connectivity index (χ3n) is 3.24. The highest BCUT2D eigenvalue weighted by Gasteiger charge is 2.21. The number of hydrazine groups is 1. The number of carbonyl (C=O) groups excluding carboxylic acids is 1. The van der Waals surface area contributed by atoms with Crippen LogP contribution in [-0.4, -0.2) is 31.0 Å². The van der Waals surface area contributed by atoms with Crippen molar-refractivity contribution in [2.45, 2.75) is 19.3 Å². The first kappa shape index (κ1) is 12.7. The number of hydrogen-bond donors (Lipinski definition) is 2. The number of nitrogen functional groups attached to an aromatic ring is 1. The van der Waals surface area contributed by atoms with Gasteiger partial charge in [0.05, 0.1) is 18.4 Å². The smallest absolute Gasteiger partial charge is 0.257 e. The Morgan fingerprint density at radius 2 is 2.06 bits per heavy atom. The van der Waals surface area contributed by atoms with Gasteiger partial charge in [-0.3, -0.25) is 10.6 Å². The molecule has 3 N–H and O–H groups in total. The van der Waals surface area contributed by atoms with Crippen molar-refractivity contribution >= 4 is 11.6 Å². The van der Waals surface area contributed by atoms with E-state index in [4.69, 9.17) is 10.6 Å². The van der Waals surface area contributed by atoms with Gasteiger partial charge < -0.3 is 15.1 Å². The van der Waals surface area contributed by atoms with Crippen molar-refractivity contribution < 1.29 is 9.53 Å². The van der Waals surface area contributed by atoms with Crippen LogP contribution in [-0.2, 0) is 0 Å². The number of nitrogens with zero attached hydrogens (tertiary/aromatic N) is 1. The molecule has 98 valence electrons. The first-order chi connectivity index (χ1) is 8.76. The molecule has 1 fully saturated rings. The summed E-state index contributed by atoms with van der Waals surface area (Å²) in [5.74, 6) is 5.94. The van der Waals surface area contributed by atoms with Gasteiger partial charge in [0.2, 0.25) is 0 Å². The molecule has 1 aromatic rings. The van der Waals surface area contributed by atoms with E-state index in [9.17, 15) is 4.79 Å². The number of amides is 1. The van der Waals surface area contributed by atoms with Crippen molar-refractivity contribution in [3.63, 3.8) is 0 Å². The van der Waals surface area contributed by atoms with Crippen molar-refractivity contribution in [2.75, 3.05) is 25.6 Å². The molecule has 1 aliphatic rings. The van der Waals surface area contributed by atoms with E-state index in [-0.39, 0.29) is 5.91 Å². The summed E-state index contributed by atoms with van der Waals surface area (Å²) in [4.78, 5) is 14.3. The molecule has 5 heteroatoms. The molecule has 0 spiro atoms. The summed E-state index contributed by atoms with van der Waals surface area (Å²) in [7, 11) is 1.56. The molecule has 0 atom stereocenters. The molecular formula is C13H19N3O2. The van der Waals surface area contributed by atoms with E-state index in [0.717, 1.165) is 31.6 Å². The highest BCUT2D eigenvalue weighted by Crippen LogP contribution is 2.25. The predicted molar refractivity (Wildman–Crippen MR) is 70.6 cm³/mol. The van der Waals surface area contributed by atoms with Crippen molar-refractivity contribution in [1.82, 2.24) is 4.90 Å². The van der Waals surface area contributed by atoms with Gasteiger partial charge in [-0.05, 0) is 31.4 Å². The van der Waals surface area contributed by atoms with Gasteiger partial charge in [0, 0.05) is 19.2 Å². The molecule has 0 saturated carbocycles. The number of nitrogens with one attached hydrogen (secondary N) is 1. The number of rotatable bonds is 3. The van der Waals surface area contributed by atoms with Crippen LogP contribution in [0.4, 0.5) is 5.69 Å². The van der Waals surface area contributed by atoms with Crippen LogP contribution in [0.1, 0.15) is 29.6 Å². The summed E-state index contributed by atoms with van der Waals surface area (Å²) in [6, 6.07) is 5.27. The molecular weight excluding hydrogens is 230 g/mol. The lowest BCUT2D eigenvalue weighted by molar-refractivity contribution is 0.0721. The van der Waals surface area contributed by atoms with Crippen LogP contribution < -0.4 is 16.0 Å². The molecule has 1 aromatic carbocycles. The zero-order valence-corrected chi connectivity index (χ0v) is 10.6. The van der Waals surface area contributed by atoms with Crippen LogP contribution >= 0.6 is 0 Å². The molecule has 18 heavy (non-hydrogen) atoms. The molecule has 0 aliphatic carbocycles. The Kier molecular flexibility index (Phi) is 4.04. The predicted octanol–water partition coefficient (Wildman–Crippen LogP) is 1.61. The quantitative estimate of drug-likeness (QED) is 0.631. The largest absolute Gasteiger partial charge is 0.496 e. The molecule has 1 amide bonds. The third-order valence-corrected chi connectivity index (χ3v) is 3.24. The molecule has 1 aliphatic heterocycles. The molecule has 1 heterocycles. The number of ether oxygens (including phenoxy) is 1. The maximum Gasteiger partial charge on any atom is 0.257 e. The minimum absolute atomic E-state index is 0.0371. The van der Waals surface area contributed by atoms with Gasteiger partial charge in [0.1, 0.15) is 5.75 Å². The molecule has 0 bridgehead atoms. The highest BCUT2D eigenvalue weighted by atomic mass is 16.5. The number of hydrogen-bond acceptors (Lipinski definition) is 4. The fourth-order valence-electron chi connectivity index (χ4n) is 2.23. The van der Waals surface area contributed by atoms with Gasteiger partial charge in [-0.25, -0.2) is 0 Å². The van der Waals surface area contributed by atoms with Gasteiger partial charge >= 0.3 is 0 Å². The number of methoxy groups -OCH3 is 1. The lowest BCUT2D eigenvalue weighted by atomic mass is 10.1. The van der Waals surface area contributed by atoms with E-state index in [0.29, 0.717) is 11.3 Å². The SMILES string of the molecule is COc1cc(NN)ccc1C(=O)N1CCCCC1. The van der Waals surface area contributed by atoms with E-state index >= 15 is 0 Å². The lowest BCUT2D eigenvalue weighted by Crippen LogP contribution is -2.35. The molecule has 2 rings (SSSR count). The van der Waals surface area contributed by atoms with Gasteiger partial charge in [-0.15, -0.1) is 0 Å². The molecule has 5 nitrogen and oxygen atoms in total. The number of benzene rings is 1. The number of carbonyl (C=O) groups is 1. The summed E-state index contributed by atoms with van der Waals surface area (Å²) in [6.07, 6.45) is 3.37. The van der Waals surface area contributed by atoms with Crippen LogP contribution in [0.2, 0.25) is 0 Å². The summed E-state index contributed by atoms with van der Waals surface area (Å²) >= 11 is 0. The third kappa shape index (κ3) is 2.56. The first-order valence-electron chi connectivity index (χ1n) is 6.20. The zero-order valence-electron chi connectivity index (χ0n) is 10.6. The van der Waals surface area contributed by atoms with Crippen molar-refractivity contribution in [3.8, 4) is 5.75 Å².